The van der Waals surface area contributed by atoms with Gasteiger partial charge in [-0.15, -0.1) is 0 Å². The zero-order chi connectivity index (χ0) is 22.5. The molecule has 1 aromatic heterocycles. The molecule has 1 N–H and O–H groups in total. The summed E-state index contributed by atoms with van der Waals surface area (Å²) in [5.74, 6) is 2.62. The summed E-state index contributed by atoms with van der Waals surface area (Å²) in [5.41, 5.74) is 1.47. The van der Waals surface area contributed by atoms with Gasteiger partial charge in [0.25, 0.3) is 5.91 Å². The van der Waals surface area contributed by atoms with Gasteiger partial charge in [0.05, 0.1) is 5.56 Å². The summed E-state index contributed by atoms with van der Waals surface area (Å²) in [6.07, 6.45) is 3.20. The van der Waals surface area contributed by atoms with Crippen LogP contribution in [0.2, 0.25) is 0 Å². The number of pyridine rings is 1. The number of nitrogens with zero attached hydrogens (tertiary/aromatic N) is 3. The van der Waals surface area contributed by atoms with Crippen molar-refractivity contribution in [3.63, 3.8) is 0 Å². The molecule has 1 fully saturated rings. The molecule has 0 radical (unpaired) electrons. The molecule has 3 heterocycles. The number of rotatable bonds is 7. The highest BCUT2D eigenvalue weighted by atomic mass is 16.7. The number of benzene rings is 1. The molecule has 0 bridgehead atoms. The Morgan fingerprint density at radius 1 is 1.09 bits per heavy atom. The second-order valence-corrected chi connectivity index (χ2v) is 8.55. The molecule has 2 aromatic rings. The van der Waals surface area contributed by atoms with Gasteiger partial charge in [-0.05, 0) is 42.2 Å². The number of nitrogens with one attached hydrogen (secondary N) is 1. The monoisotopic (exact) mass is 438 g/mol. The van der Waals surface area contributed by atoms with Crippen LogP contribution in [0.5, 0.6) is 11.5 Å². The average Bonchev–Trinajstić information content (AvgIpc) is 3.29. The topological polar surface area (TPSA) is 84.0 Å². The minimum Gasteiger partial charge on any atom is -0.454 e. The van der Waals surface area contributed by atoms with Crippen molar-refractivity contribution in [2.24, 2.45) is 5.92 Å². The summed E-state index contributed by atoms with van der Waals surface area (Å²) < 4.78 is 10.7. The van der Waals surface area contributed by atoms with Crippen LogP contribution in [-0.4, -0.2) is 54.7 Å². The van der Waals surface area contributed by atoms with Gasteiger partial charge in [-0.2, -0.15) is 0 Å². The van der Waals surface area contributed by atoms with Gasteiger partial charge in [0.1, 0.15) is 5.82 Å². The highest BCUT2D eigenvalue weighted by molar-refractivity contribution is 5.98. The van der Waals surface area contributed by atoms with E-state index in [2.05, 4.69) is 29.0 Å². The van der Waals surface area contributed by atoms with E-state index in [1.807, 2.05) is 23.1 Å². The highest BCUT2D eigenvalue weighted by Gasteiger charge is 2.25. The maximum Gasteiger partial charge on any atom is 0.255 e. The van der Waals surface area contributed by atoms with Gasteiger partial charge in [0, 0.05) is 45.3 Å². The normalized spacial score (nSPS) is 15.2. The lowest BCUT2D eigenvalue weighted by atomic mass is 10.1. The van der Waals surface area contributed by atoms with E-state index in [1.54, 1.807) is 18.3 Å². The SMILES string of the molecule is CC(C)CCC(=O)N1CCN(c2ncccc2C(=O)NCc2ccc3c(c2)OCO3)CC1. The van der Waals surface area contributed by atoms with Gasteiger partial charge >= 0.3 is 0 Å². The van der Waals surface area contributed by atoms with E-state index >= 15 is 0 Å². The van der Waals surface area contributed by atoms with Crippen LogP contribution in [0.25, 0.3) is 0 Å². The smallest absolute Gasteiger partial charge is 0.255 e. The number of hydrogen-bond acceptors (Lipinski definition) is 6. The number of piperazine rings is 1. The molecule has 2 amide bonds. The molecule has 8 heteroatoms. The second kappa shape index (κ2) is 9.89. The van der Waals surface area contributed by atoms with Crippen LogP contribution in [0.1, 0.15) is 42.6 Å². The minimum absolute atomic E-state index is 0.179. The molecular weight excluding hydrogens is 408 g/mol. The van der Waals surface area contributed by atoms with Crippen LogP contribution >= 0.6 is 0 Å². The lowest BCUT2D eigenvalue weighted by Crippen LogP contribution is -2.49. The summed E-state index contributed by atoms with van der Waals surface area (Å²) in [5, 5.41) is 2.97. The number of amides is 2. The first-order chi connectivity index (χ1) is 15.5. The Morgan fingerprint density at radius 3 is 2.66 bits per heavy atom. The summed E-state index contributed by atoms with van der Waals surface area (Å²) in [4.78, 5) is 33.8. The standard InChI is InChI=1S/C24H30N4O4/c1-17(2)5-8-22(29)27-10-12-28(13-11-27)23-19(4-3-9-25-23)24(30)26-15-18-6-7-20-21(14-18)32-16-31-20/h3-4,6-7,9,14,17H,5,8,10-13,15-16H2,1-2H3,(H,26,30). The van der Waals surface area contributed by atoms with Gasteiger partial charge in [-0.1, -0.05) is 19.9 Å². The van der Waals surface area contributed by atoms with Crippen molar-refractivity contribution in [1.29, 1.82) is 0 Å². The Bertz CT molecular complexity index is 970. The molecule has 0 saturated carbocycles. The molecule has 0 unspecified atom stereocenters. The van der Waals surface area contributed by atoms with Crippen molar-refractivity contribution in [3.8, 4) is 11.5 Å². The first-order valence-electron chi connectivity index (χ1n) is 11.2. The van der Waals surface area contributed by atoms with Gasteiger partial charge < -0.3 is 24.6 Å². The summed E-state index contributed by atoms with van der Waals surface area (Å²) in [6, 6.07) is 9.19. The van der Waals surface area contributed by atoms with Gasteiger partial charge in [-0.25, -0.2) is 4.98 Å². The lowest BCUT2D eigenvalue weighted by Gasteiger charge is -2.36. The van der Waals surface area contributed by atoms with E-state index in [9.17, 15) is 9.59 Å². The predicted molar refractivity (Wildman–Crippen MR) is 121 cm³/mol. The molecule has 0 spiro atoms. The first kappa shape index (κ1) is 21.9. The minimum atomic E-state index is -0.179. The fourth-order valence-corrected chi connectivity index (χ4v) is 3.89. The molecule has 0 aliphatic carbocycles. The second-order valence-electron chi connectivity index (χ2n) is 8.55. The molecule has 0 atom stereocenters. The molecular formula is C24H30N4O4. The first-order valence-corrected chi connectivity index (χ1v) is 11.2. The third-order valence-electron chi connectivity index (χ3n) is 5.79. The van der Waals surface area contributed by atoms with E-state index in [0.717, 1.165) is 17.7 Å². The van der Waals surface area contributed by atoms with Crippen molar-refractivity contribution in [1.82, 2.24) is 15.2 Å². The zero-order valence-electron chi connectivity index (χ0n) is 18.7. The summed E-state index contributed by atoms with van der Waals surface area (Å²) in [7, 11) is 0. The van der Waals surface area contributed by atoms with E-state index in [4.69, 9.17) is 9.47 Å². The predicted octanol–water partition coefficient (Wildman–Crippen LogP) is 2.83. The zero-order valence-corrected chi connectivity index (χ0v) is 18.7. The summed E-state index contributed by atoms with van der Waals surface area (Å²) >= 11 is 0. The molecule has 4 rings (SSSR count). The van der Waals surface area contributed by atoms with Gasteiger partial charge in [0.15, 0.2) is 11.5 Å². The number of carbonyl (C=O) groups excluding carboxylic acids is 2. The van der Waals surface area contributed by atoms with Crippen LogP contribution in [0, 0.1) is 5.92 Å². The van der Waals surface area contributed by atoms with E-state index in [1.165, 1.54) is 0 Å². The quantitative estimate of drug-likeness (QED) is 0.716. The van der Waals surface area contributed by atoms with Gasteiger partial charge in [-0.3, -0.25) is 9.59 Å². The highest BCUT2D eigenvalue weighted by Crippen LogP contribution is 2.32. The molecule has 2 aliphatic rings. The van der Waals surface area contributed by atoms with Crippen molar-refractivity contribution in [2.75, 3.05) is 37.9 Å². The maximum atomic E-state index is 12.9. The fraction of sp³-hybridized carbons (Fsp3) is 0.458. The van der Waals surface area contributed by atoms with Crippen molar-refractivity contribution >= 4 is 17.6 Å². The average molecular weight is 439 g/mol. The van der Waals surface area contributed by atoms with Crippen molar-refractivity contribution in [2.45, 2.75) is 33.2 Å². The largest absolute Gasteiger partial charge is 0.454 e. The van der Waals surface area contributed by atoms with E-state index < -0.39 is 0 Å². The molecule has 8 nitrogen and oxygen atoms in total. The Hall–Kier alpha value is -3.29. The number of aromatic nitrogens is 1. The van der Waals surface area contributed by atoms with Crippen LogP contribution in [0.15, 0.2) is 36.5 Å². The number of anilines is 1. The number of hydrogen-bond donors (Lipinski definition) is 1. The Morgan fingerprint density at radius 2 is 1.88 bits per heavy atom. The van der Waals surface area contributed by atoms with Crippen LogP contribution < -0.4 is 19.7 Å². The fourth-order valence-electron chi connectivity index (χ4n) is 3.89. The maximum absolute atomic E-state index is 12.9. The Kier molecular flexibility index (Phi) is 6.78. The Balaban J connectivity index is 1.35. The van der Waals surface area contributed by atoms with Crippen molar-refractivity contribution in [3.05, 3.63) is 47.7 Å². The molecule has 1 aromatic carbocycles. The van der Waals surface area contributed by atoms with Crippen LogP contribution in [-0.2, 0) is 11.3 Å². The van der Waals surface area contributed by atoms with Gasteiger partial charge in [0.2, 0.25) is 12.7 Å². The third kappa shape index (κ3) is 5.12. The lowest BCUT2D eigenvalue weighted by molar-refractivity contribution is -0.131. The van der Waals surface area contributed by atoms with E-state index in [-0.39, 0.29) is 18.6 Å². The Labute approximate surface area is 188 Å². The summed E-state index contributed by atoms with van der Waals surface area (Å²) in [6.45, 7) is 7.47. The molecule has 170 valence electrons. The molecule has 32 heavy (non-hydrogen) atoms. The third-order valence-corrected chi connectivity index (χ3v) is 5.79. The number of carbonyl (C=O) groups is 2. The van der Waals surface area contributed by atoms with Crippen molar-refractivity contribution < 1.29 is 19.1 Å². The number of ether oxygens (including phenoxy) is 2. The molecule has 1 saturated heterocycles. The van der Waals surface area contributed by atoms with E-state index in [0.29, 0.717) is 62.2 Å². The number of fused-ring (bicyclic) bond motifs is 1. The molecule has 2 aliphatic heterocycles. The van der Waals surface area contributed by atoms with Crippen LogP contribution in [0.4, 0.5) is 5.82 Å². The van der Waals surface area contributed by atoms with Crippen LogP contribution in [0.3, 0.4) is 0 Å².